The Morgan fingerprint density at radius 1 is 1.06 bits per heavy atom. The molecule has 0 spiro atoms. The number of amides is 1. The van der Waals surface area contributed by atoms with Gasteiger partial charge in [-0.15, -0.1) is 0 Å². The summed E-state index contributed by atoms with van der Waals surface area (Å²) in [5.41, 5.74) is 1.71. The summed E-state index contributed by atoms with van der Waals surface area (Å²) >= 11 is 0. The third-order valence-corrected chi connectivity index (χ3v) is 5.70. The highest BCUT2D eigenvalue weighted by Gasteiger charge is 2.24. The van der Waals surface area contributed by atoms with Gasteiger partial charge < -0.3 is 19.5 Å². The molecule has 3 rings (SSSR count). The van der Waals surface area contributed by atoms with Crippen LogP contribution in [-0.4, -0.2) is 51.3 Å². The smallest absolute Gasteiger partial charge is 0.251 e. The number of ether oxygens (including phenoxy) is 3. The van der Waals surface area contributed by atoms with E-state index >= 15 is 0 Å². The number of nitrogens with one attached hydrogen (secondary N) is 1. The van der Waals surface area contributed by atoms with E-state index in [1.54, 1.807) is 26.4 Å². The van der Waals surface area contributed by atoms with Crippen LogP contribution in [0.25, 0.3) is 0 Å². The molecule has 1 heterocycles. The van der Waals surface area contributed by atoms with Crippen molar-refractivity contribution in [1.82, 2.24) is 10.2 Å². The molecule has 1 aliphatic rings. The first-order chi connectivity index (χ1) is 15.2. The van der Waals surface area contributed by atoms with Crippen molar-refractivity contribution in [3.63, 3.8) is 0 Å². The lowest BCUT2D eigenvalue weighted by Crippen LogP contribution is -2.36. The zero-order valence-corrected chi connectivity index (χ0v) is 18.9. The molecule has 6 nitrogen and oxygen atoms in total. The van der Waals surface area contributed by atoms with Gasteiger partial charge >= 0.3 is 0 Å². The van der Waals surface area contributed by atoms with Gasteiger partial charge in [-0.05, 0) is 68.2 Å². The molecule has 0 aliphatic carbocycles. The van der Waals surface area contributed by atoms with Gasteiger partial charge in [0, 0.05) is 12.1 Å². The second-order valence-electron chi connectivity index (χ2n) is 7.81. The van der Waals surface area contributed by atoms with E-state index < -0.39 is 0 Å². The van der Waals surface area contributed by atoms with Gasteiger partial charge in [0.1, 0.15) is 5.75 Å². The zero-order valence-electron chi connectivity index (χ0n) is 18.9. The van der Waals surface area contributed by atoms with Gasteiger partial charge in [-0.3, -0.25) is 9.69 Å². The predicted octanol–water partition coefficient (Wildman–Crippen LogP) is 4.45. The summed E-state index contributed by atoms with van der Waals surface area (Å²) in [6, 6.07) is 13.6. The summed E-state index contributed by atoms with van der Waals surface area (Å²) < 4.78 is 16.6. The summed E-state index contributed by atoms with van der Waals surface area (Å²) in [5, 5.41) is 3.12. The molecule has 31 heavy (non-hydrogen) atoms. The molecule has 1 N–H and O–H groups in total. The van der Waals surface area contributed by atoms with Gasteiger partial charge in [-0.1, -0.05) is 25.5 Å². The first-order valence-electron chi connectivity index (χ1n) is 11.1. The lowest BCUT2D eigenvalue weighted by Gasteiger charge is -2.28. The molecular formula is C25H34N2O4. The van der Waals surface area contributed by atoms with Crippen molar-refractivity contribution in [3.8, 4) is 17.2 Å². The average Bonchev–Trinajstić information content (AvgIpc) is 3.34. The second kappa shape index (κ2) is 11.6. The third-order valence-electron chi connectivity index (χ3n) is 5.70. The Morgan fingerprint density at radius 3 is 2.58 bits per heavy atom. The summed E-state index contributed by atoms with van der Waals surface area (Å²) in [5.74, 6) is 1.95. The Kier molecular flexibility index (Phi) is 8.59. The number of rotatable bonds is 11. The number of nitrogens with zero attached hydrogens (tertiary/aromatic N) is 1. The van der Waals surface area contributed by atoms with E-state index in [0.717, 1.165) is 37.2 Å². The van der Waals surface area contributed by atoms with Crippen LogP contribution in [0.4, 0.5) is 0 Å². The molecule has 1 amide bonds. The molecule has 1 aliphatic heterocycles. The third kappa shape index (κ3) is 6.14. The minimum atomic E-state index is -0.120. The van der Waals surface area contributed by atoms with Crippen LogP contribution in [0.3, 0.4) is 0 Å². The van der Waals surface area contributed by atoms with Crippen molar-refractivity contribution in [1.29, 1.82) is 0 Å². The number of benzene rings is 2. The fraction of sp³-hybridized carbons (Fsp3) is 0.480. The summed E-state index contributed by atoms with van der Waals surface area (Å²) in [6.45, 7) is 5.36. The van der Waals surface area contributed by atoms with E-state index in [1.807, 2.05) is 18.2 Å². The van der Waals surface area contributed by atoms with Gasteiger partial charge in [-0.2, -0.15) is 0 Å². The van der Waals surface area contributed by atoms with E-state index in [2.05, 4.69) is 29.3 Å². The SMILES string of the molecule is CCCCOc1ccc(C(=O)NCC(c2cccc(OC)c2)N2CCCC2)cc1OC. The van der Waals surface area contributed by atoms with Gasteiger partial charge in [0.05, 0.1) is 26.9 Å². The Bertz CT molecular complexity index is 849. The Hall–Kier alpha value is -2.73. The van der Waals surface area contributed by atoms with Crippen molar-refractivity contribution < 1.29 is 19.0 Å². The van der Waals surface area contributed by atoms with E-state index in [4.69, 9.17) is 14.2 Å². The van der Waals surface area contributed by atoms with Crippen LogP contribution >= 0.6 is 0 Å². The summed E-state index contributed by atoms with van der Waals surface area (Å²) in [4.78, 5) is 15.3. The van der Waals surface area contributed by atoms with Crippen molar-refractivity contribution >= 4 is 5.91 Å². The quantitative estimate of drug-likeness (QED) is 0.538. The minimum absolute atomic E-state index is 0.111. The monoisotopic (exact) mass is 426 g/mol. The number of methoxy groups -OCH3 is 2. The van der Waals surface area contributed by atoms with Crippen LogP contribution in [0.1, 0.15) is 54.6 Å². The van der Waals surface area contributed by atoms with Gasteiger partial charge in [0.25, 0.3) is 5.91 Å². The Balaban J connectivity index is 1.70. The maximum absolute atomic E-state index is 12.9. The van der Waals surface area contributed by atoms with Crippen molar-refractivity contribution in [2.75, 3.05) is 40.5 Å². The number of carbonyl (C=O) groups excluding carboxylic acids is 1. The van der Waals surface area contributed by atoms with Gasteiger partial charge in [-0.25, -0.2) is 0 Å². The standard InChI is InChI=1S/C25H34N2O4/c1-4-5-15-31-23-12-11-20(17-24(23)30-3)25(28)26-18-22(27-13-6-7-14-27)19-9-8-10-21(16-19)29-2/h8-12,16-17,22H,4-7,13-15,18H2,1-3H3,(H,26,28). The topological polar surface area (TPSA) is 60.0 Å². The van der Waals surface area contributed by atoms with E-state index in [9.17, 15) is 4.79 Å². The fourth-order valence-corrected chi connectivity index (χ4v) is 3.91. The maximum Gasteiger partial charge on any atom is 0.251 e. The fourth-order valence-electron chi connectivity index (χ4n) is 3.91. The van der Waals surface area contributed by atoms with Crippen LogP contribution in [0.15, 0.2) is 42.5 Å². The van der Waals surface area contributed by atoms with Gasteiger partial charge in [0.15, 0.2) is 11.5 Å². The zero-order chi connectivity index (χ0) is 22.1. The maximum atomic E-state index is 12.9. The van der Waals surface area contributed by atoms with E-state index in [0.29, 0.717) is 30.2 Å². The van der Waals surface area contributed by atoms with Crippen molar-refractivity contribution in [2.45, 2.75) is 38.6 Å². The molecule has 1 saturated heterocycles. The summed E-state index contributed by atoms with van der Waals surface area (Å²) in [7, 11) is 3.27. The van der Waals surface area contributed by atoms with Crippen LogP contribution in [-0.2, 0) is 0 Å². The predicted molar refractivity (Wildman–Crippen MR) is 122 cm³/mol. The molecule has 1 atom stereocenters. The Labute approximate surface area is 185 Å². The molecule has 2 aromatic carbocycles. The number of hydrogen-bond acceptors (Lipinski definition) is 5. The largest absolute Gasteiger partial charge is 0.497 e. The molecule has 0 aromatic heterocycles. The highest BCUT2D eigenvalue weighted by Crippen LogP contribution is 2.29. The number of likely N-dealkylation sites (tertiary alicyclic amines) is 1. The molecule has 0 saturated carbocycles. The Morgan fingerprint density at radius 2 is 1.87 bits per heavy atom. The molecule has 1 fully saturated rings. The molecule has 168 valence electrons. The normalized spacial score (nSPS) is 14.8. The molecule has 2 aromatic rings. The number of hydrogen-bond donors (Lipinski definition) is 1. The van der Waals surface area contributed by atoms with Crippen LogP contribution in [0.5, 0.6) is 17.2 Å². The van der Waals surface area contributed by atoms with Crippen LogP contribution < -0.4 is 19.5 Å². The van der Waals surface area contributed by atoms with E-state index in [1.165, 1.54) is 12.8 Å². The lowest BCUT2D eigenvalue weighted by atomic mass is 10.0. The van der Waals surface area contributed by atoms with Crippen molar-refractivity contribution in [3.05, 3.63) is 53.6 Å². The number of unbranched alkanes of at least 4 members (excludes halogenated alkanes) is 1. The highest BCUT2D eigenvalue weighted by atomic mass is 16.5. The van der Waals surface area contributed by atoms with E-state index in [-0.39, 0.29) is 11.9 Å². The molecule has 0 radical (unpaired) electrons. The van der Waals surface area contributed by atoms with Crippen molar-refractivity contribution in [2.24, 2.45) is 0 Å². The van der Waals surface area contributed by atoms with Gasteiger partial charge in [0.2, 0.25) is 0 Å². The van der Waals surface area contributed by atoms with Crippen LogP contribution in [0, 0.1) is 0 Å². The molecule has 6 heteroatoms. The highest BCUT2D eigenvalue weighted by molar-refractivity contribution is 5.94. The molecule has 1 unspecified atom stereocenters. The second-order valence-corrected chi connectivity index (χ2v) is 7.81. The first kappa shape index (κ1) is 22.9. The summed E-state index contributed by atoms with van der Waals surface area (Å²) in [6.07, 6.45) is 4.41. The molecular weight excluding hydrogens is 392 g/mol. The van der Waals surface area contributed by atoms with Crippen LogP contribution in [0.2, 0.25) is 0 Å². The first-order valence-corrected chi connectivity index (χ1v) is 11.1. The minimum Gasteiger partial charge on any atom is -0.497 e. The molecule has 0 bridgehead atoms. The average molecular weight is 427 g/mol. The lowest BCUT2D eigenvalue weighted by molar-refractivity contribution is 0.0937. The number of carbonyl (C=O) groups is 1.